The van der Waals surface area contributed by atoms with Gasteiger partial charge in [0.05, 0.1) is 20.9 Å². The standard InChI is InChI=1S/C16H11ClFN3OS/c17-12-5-20-7-14-11(12)4-15(23-14)21-16(22)10-3-9(10)8-1-2-19-6-13(8)18/h1-2,4-7,9-10H,3H2,(H,21,22)/t9?,10-/m1/s1. The van der Waals surface area contributed by atoms with Crippen LogP contribution in [-0.2, 0) is 4.79 Å². The largest absolute Gasteiger partial charge is 0.317 e. The monoisotopic (exact) mass is 347 g/mol. The van der Waals surface area contributed by atoms with Crippen LogP contribution in [0.3, 0.4) is 0 Å². The van der Waals surface area contributed by atoms with Crippen molar-refractivity contribution in [2.24, 2.45) is 5.92 Å². The van der Waals surface area contributed by atoms with Gasteiger partial charge in [0.15, 0.2) is 0 Å². The number of fused-ring (bicyclic) bond motifs is 1. The molecule has 3 aromatic rings. The molecular weight excluding hydrogens is 337 g/mol. The number of anilines is 1. The van der Waals surface area contributed by atoms with Gasteiger partial charge in [-0.1, -0.05) is 11.6 Å². The summed E-state index contributed by atoms with van der Waals surface area (Å²) >= 11 is 7.51. The summed E-state index contributed by atoms with van der Waals surface area (Å²) in [4.78, 5) is 20.1. The number of amides is 1. The molecule has 1 saturated carbocycles. The Kier molecular flexibility index (Phi) is 3.50. The summed E-state index contributed by atoms with van der Waals surface area (Å²) < 4.78 is 14.6. The van der Waals surface area contributed by atoms with Crippen molar-refractivity contribution >= 4 is 43.9 Å². The quantitative estimate of drug-likeness (QED) is 0.771. The minimum Gasteiger partial charge on any atom is -0.317 e. The smallest absolute Gasteiger partial charge is 0.228 e. The number of thiophene rings is 1. The van der Waals surface area contributed by atoms with Crippen molar-refractivity contribution in [2.75, 3.05) is 5.32 Å². The van der Waals surface area contributed by atoms with Crippen LogP contribution in [0.1, 0.15) is 17.9 Å². The zero-order valence-electron chi connectivity index (χ0n) is 11.8. The normalized spacial score (nSPS) is 19.7. The van der Waals surface area contributed by atoms with Gasteiger partial charge in [-0.25, -0.2) is 4.39 Å². The summed E-state index contributed by atoms with van der Waals surface area (Å²) in [5.41, 5.74) is 0.559. The van der Waals surface area contributed by atoms with E-state index in [0.29, 0.717) is 17.0 Å². The van der Waals surface area contributed by atoms with E-state index in [9.17, 15) is 9.18 Å². The lowest BCUT2D eigenvalue weighted by Crippen LogP contribution is -2.13. The van der Waals surface area contributed by atoms with Gasteiger partial charge in [0.25, 0.3) is 0 Å². The molecule has 1 N–H and O–H groups in total. The maximum absolute atomic E-state index is 13.7. The number of pyridine rings is 2. The number of hydrogen-bond acceptors (Lipinski definition) is 4. The maximum atomic E-state index is 13.7. The first-order valence-corrected chi connectivity index (χ1v) is 8.26. The molecule has 0 aromatic carbocycles. The molecule has 0 bridgehead atoms. The van der Waals surface area contributed by atoms with Gasteiger partial charge in [0.1, 0.15) is 5.82 Å². The zero-order chi connectivity index (χ0) is 16.0. The molecule has 7 heteroatoms. The molecule has 1 amide bonds. The number of nitrogens with one attached hydrogen (secondary N) is 1. The van der Waals surface area contributed by atoms with E-state index in [1.807, 2.05) is 6.07 Å². The third kappa shape index (κ3) is 2.68. The number of rotatable bonds is 3. The van der Waals surface area contributed by atoms with Gasteiger partial charge < -0.3 is 5.32 Å². The van der Waals surface area contributed by atoms with Crippen molar-refractivity contribution in [1.29, 1.82) is 0 Å². The second-order valence-corrected chi connectivity index (χ2v) is 6.97. The van der Waals surface area contributed by atoms with Crippen molar-refractivity contribution in [3.8, 4) is 0 Å². The fourth-order valence-electron chi connectivity index (χ4n) is 2.72. The Hall–Kier alpha value is -2.05. The first kappa shape index (κ1) is 14.5. The fraction of sp³-hybridized carbons (Fsp3) is 0.188. The average molecular weight is 348 g/mol. The second-order valence-electron chi connectivity index (χ2n) is 5.48. The van der Waals surface area contributed by atoms with Crippen LogP contribution in [-0.4, -0.2) is 15.9 Å². The maximum Gasteiger partial charge on any atom is 0.228 e. The molecule has 0 radical (unpaired) electrons. The van der Waals surface area contributed by atoms with Crippen LogP contribution in [0.25, 0.3) is 10.1 Å². The number of carbonyl (C=O) groups excluding carboxylic acids is 1. The Morgan fingerprint density at radius 3 is 3.00 bits per heavy atom. The molecule has 0 saturated heterocycles. The number of aromatic nitrogens is 2. The van der Waals surface area contributed by atoms with Crippen LogP contribution in [0.2, 0.25) is 5.02 Å². The summed E-state index contributed by atoms with van der Waals surface area (Å²) in [5.74, 6) is -0.724. The molecule has 0 aliphatic heterocycles. The van der Waals surface area contributed by atoms with Crippen LogP contribution >= 0.6 is 22.9 Å². The number of hydrogen-bond donors (Lipinski definition) is 1. The molecule has 1 aliphatic rings. The molecule has 4 nitrogen and oxygen atoms in total. The van der Waals surface area contributed by atoms with Crippen molar-refractivity contribution in [1.82, 2.24) is 9.97 Å². The molecule has 0 spiro atoms. The van der Waals surface area contributed by atoms with Gasteiger partial charge in [0, 0.05) is 29.9 Å². The first-order chi connectivity index (χ1) is 11.1. The average Bonchev–Trinajstić information content (AvgIpc) is 3.21. The van der Waals surface area contributed by atoms with Gasteiger partial charge >= 0.3 is 0 Å². The van der Waals surface area contributed by atoms with Gasteiger partial charge in [-0.3, -0.25) is 14.8 Å². The van der Waals surface area contributed by atoms with Crippen LogP contribution in [0, 0.1) is 11.7 Å². The van der Waals surface area contributed by atoms with E-state index in [1.54, 1.807) is 24.7 Å². The Morgan fingerprint density at radius 2 is 2.22 bits per heavy atom. The summed E-state index contributed by atoms with van der Waals surface area (Å²) in [6.45, 7) is 0. The molecule has 1 aliphatic carbocycles. The highest BCUT2D eigenvalue weighted by molar-refractivity contribution is 7.23. The molecule has 1 unspecified atom stereocenters. The van der Waals surface area contributed by atoms with E-state index in [1.165, 1.54) is 17.5 Å². The highest BCUT2D eigenvalue weighted by Gasteiger charge is 2.45. The van der Waals surface area contributed by atoms with Crippen LogP contribution in [0.5, 0.6) is 0 Å². The van der Waals surface area contributed by atoms with E-state index < -0.39 is 0 Å². The lowest BCUT2D eigenvalue weighted by atomic mass is 10.1. The fourth-order valence-corrected chi connectivity index (χ4v) is 3.94. The number of carbonyl (C=O) groups is 1. The molecule has 4 rings (SSSR count). The van der Waals surface area contributed by atoms with Crippen LogP contribution < -0.4 is 5.32 Å². The van der Waals surface area contributed by atoms with Crippen molar-refractivity contribution in [2.45, 2.75) is 12.3 Å². The lowest BCUT2D eigenvalue weighted by Gasteiger charge is -2.03. The molecule has 1 fully saturated rings. The third-order valence-electron chi connectivity index (χ3n) is 3.97. The predicted octanol–water partition coefficient (Wildman–Crippen LogP) is 4.23. The molecule has 3 heterocycles. The number of halogens is 2. The minimum absolute atomic E-state index is 0.0716. The Balaban J connectivity index is 1.50. The Morgan fingerprint density at radius 1 is 1.35 bits per heavy atom. The first-order valence-electron chi connectivity index (χ1n) is 7.07. The molecule has 23 heavy (non-hydrogen) atoms. The summed E-state index contributed by atoms with van der Waals surface area (Å²) in [7, 11) is 0. The van der Waals surface area contributed by atoms with Gasteiger partial charge in [-0.05, 0) is 30.0 Å². The van der Waals surface area contributed by atoms with Crippen LogP contribution in [0.4, 0.5) is 9.39 Å². The van der Waals surface area contributed by atoms with Gasteiger partial charge in [-0.2, -0.15) is 0 Å². The van der Waals surface area contributed by atoms with E-state index in [0.717, 1.165) is 15.1 Å². The third-order valence-corrected chi connectivity index (χ3v) is 5.26. The SMILES string of the molecule is O=C(Nc1cc2c(Cl)cncc2s1)[C@@H]1CC1c1ccncc1F. The number of nitrogens with zero attached hydrogens (tertiary/aromatic N) is 2. The second kappa shape index (κ2) is 5.54. The molecule has 3 aromatic heterocycles. The summed E-state index contributed by atoms with van der Waals surface area (Å²) in [6.07, 6.45) is 6.68. The van der Waals surface area contributed by atoms with E-state index in [4.69, 9.17) is 11.6 Å². The highest BCUT2D eigenvalue weighted by atomic mass is 35.5. The van der Waals surface area contributed by atoms with E-state index in [-0.39, 0.29) is 23.6 Å². The lowest BCUT2D eigenvalue weighted by molar-refractivity contribution is -0.117. The minimum atomic E-state index is -0.354. The Labute approximate surface area is 140 Å². The molecule has 116 valence electrons. The van der Waals surface area contributed by atoms with Gasteiger partial charge in [-0.15, -0.1) is 11.3 Å². The predicted molar refractivity (Wildman–Crippen MR) is 88.3 cm³/mol. The zero-order valence-corrected chi connectivity index (χ0v) is 13.4. The van der Waals surface area contributed by atoms with Crippen molar-refractivity contribution < 1.29 is 9.18 Å². The van der Waals surface area contributed by atoms with E-state index >= 15 is 0 Å². The Bertz CT molecular complexity index is 913. The van der Waals surface area contributed by atoms with Crippen molar-refractivity contribution in [3.63, 3.8) is 0 Å². The van der Waals surface area contributed by atoms with Gasteiger partial charge in [0.2, 0.25) is 5.91 Å². The summed E-state index contributed by atoms with van der Waals surface area (Å²) in [5, 5.41) is 5.05. The molecule has 2 atom stereocenters. The highest BCUT2D eigenvalue weighted by Crippen LogP contribution is 2.49. The van der Waals surface area contributed by atoms with Crippen molar-refractivity contribution in [3.05, 3.63) is 53.3 Å². The van der Waals surface area contributed by atoms with Crippen LogP contribution in [0.15, 0.2) is 36.9 Å². The summed E-state index contributed by atoms with van der Waals surface area (Å²) in [6, 6.07) is 3.48. The van der Waals surface area contributed by atoms with E-state index in [2.05, 4.69) is 15.3 Å². The molecular formula is C16H11ClFN3OS. The topological polar surface area (TPSA) is 54.9 Å².